The Morgan fingerprint density at radius 1 is 0.583 bits per heavy atom. The van der Waals surface area contributed by atoms with Crippen molar-refractivity contribution in [3.63, 3.8) is 0 Å². The van der Waals surface area contributed by atoms with Gasteiger partial charge in [0.15, 0.2) is 0 Å². The lowest BCUT2D eigenvalue weighted by Crippen LogP contribution is -2.19. The van der Waals surface area contributed by atoms with Crippen LogP contribution in [0.1, 0.15) is 73.9 Å². The van der Waals surface area contributed by atoms with Crippen molar-refractivity contribution in [3.8, 4) is 23.0 Å². The van der Waals surface area contributed by atoms with Gasteiger partial charge in [-0.2, -0.15) is 0 Å². The summed E-state index contributed by atoms with van der Waals surface area (Å²) in [6.07, 6.45) is 10.9. The number of aryl methyl sites for hydroxylation is 1. The molecular weight excluding hydrogens is 592 g/mol. The highest BCUT2D eigenvalue weighted by molar-refractivity contribution is 5.47. The van der Waals surface area contributed by atoms with E-state index < -0.39 is 0 Å². The summed E-state index contributed by atoms with van der Waals surface area (Å²) < 4.78 is 11.6. The molecule has 4 heteroatoms. The van der Waals surface area contributed by atoms with Crippen LogP contribution < -0.4 is 9.47 Å². The number of hydrogen-bond donors (Lipinski definition) is 2. The fourth-order valence-electron chi connectivity index (χ4n) is 5.61. The predicted molar refractivity (Wildman–Crippen MR) is 202 cm³/mol. The molecule has 0 aliphatic heterocycles. The first kappa shape index (κ1) is 37.5. The lowest BCUT2D eigenvalue weighted by Gasteiger charge is -2.27. The van der Waals surface area contributed by atoms with Crippen LogP contribution in [0.3, 0.4) is 0 Å². The van der Waals surface area contributed by atoms with Gasteiger partial charge in [-0.3, -0.25) is 0 Å². The lowest BCUT2D eigenvalue weighted by molar-refractivity contribution is 0.324. The molecule has 252 valence electrons. The first-order valence-corrected chi connectivity index (χ1v) is 16.5. The van der Waals surface area contributed by atoms with Gasteiger partial charge >= 0.3 is 0 Å². The summed E-state index contributed by atoms with van der Waals surface area (Å²) in [4.78, 5) is 0. The fourth-order valence-corrected chi connectivity index (χ4v) is 5.61. The molecule has 0 aliphatic rings. The Hall–Kier alpha value is -4.96. The molecule has 48 heavy (non-hydrogen) atoms. The van der Waals surface area contributed by atoms with Gasteiger partial charge in [0.2, 0.25) is 0 Å². The Kier molecular flexibility index (Phi) is 13.9. The van der Waals surface area contributed by atoms with Crippen LogP contribution in [0.4, 0.5) is 0 Å². The number of rotatable bonds is 16. The van der Waals surface area contributed by atoms with Crippen LogP contribution in [0.15, 0.2) is 136 Å². The van der Waals surface area contributed by atoms with Crippen LogP contribution in [-0.4, -0.2) is 23.4 Å². The molecule has 0 fully saturated rings. The SMILES string of the molecule is C=C.C=CCOc1ccc(C(C)(C)c2ccc(O)c(CC/C=C\CCOc3ccc(C(C)(C)c4ccc(O)c(CC=C)c4)cc3)c2)cc1. The van der Waals surface area contributed by atoms with Crippen LogP contribution >= 0.6 is 0 Å². The van der Waals surface area contributed by atoms with E-state index in [-0.39, 0.29) is 10.8 Å². The van der Waals surface area contributed by atoms with E-state index in [4.69, 9.17) is 9.47 Å². The standard InChI is InChI=1S/C42H48O4.C2H4/c1-7-13-31-29-35(19-25-39(31)43)41(3,4)34-17-23-38(24-18-34)46-28-12-10-9-11-14-32-30-36(20-26-40(32)44)42(5,6)33-15-21-37(22-16-33)45-27-8-2;1-2/h7-10,15-26,29-30,43-44H,1-2,11-14,27-28H2,3-6H3;1-2H2/b10-9-;. The first-order chi connectivity index (χ1) is 23.1. The van der Waals surface area contributed by atoms with Gasteiger partial charge in [0.05, 0.1) is 6.61 Å². The molecule has 2 N–H and O–H groups in total. The monoisotopic (exact) mass is 644 g/mol. The fraction of sp³-hybridized carbons (Fsp3) is 0.273. The molecule has 0 atom stereocenters. The van der Waals surface area contributed by atoms with E-state index in [2.05, 4.69) is 103 Å². The molecule has 0 bridgehead atoms. The van der Waals surface area contributed by atoms with Gasteiger partial charge in [-0.05, 0) is 95.5 Å². The average molecular weight is 645 g/mol. The Bertz CT molecular complexity index is 1640. The molecule has 0 saturated carbocycles. The topological polar surface area (TPSA) is 58.9 Å². The minimum Gasteiger partial charge on any atom is -0.508 e. The molecule has 0 radical (unpaired) electrons. The molecule has 0 saturated heterocycles. The van der Waals surface area contributed by atoms with Gasteiger partial charge < -0.3 is 19.7 Å². The van der Waals surface area contributed by atoms with E-state index >= 15 is 0 Å². The van der Waals surface area contributed by atoms with Crippen LogP contribution in [0, 0.1) is 0 Å². The summed E-state index contributed by atoms with van der Waals surface area (Å²) >= 11 is 0. The summed E-state index contributed by atoms with van der Waals surface area (Å²) in [6, 6.07) is 28.2. The van der Waals surface area contributed by atoms with Crippen LogP contribution in [0.5, 0.6) is 23.0 Å². The van der Waals surface area contributed by atoms with Crippen molar-refractivity contribution in [2.24, 2.45) is 0 Å². The Morgan fingerprint density at radius 2 is 1.04 bits per heavy atom. The average Bonchev–Trinajstić information content (AvgIpc) is 3.09. The zero-order chi connectivity index (χ0) is 35.2. The second-order valence-corrected chi connectivity index (χ2v) is 12.7. The molecular formula is C44H52O4. The quantitative estimate of drug-likeness (QED) is 0.0941. The lowest BCUT2D eigenvalue weighted by atomic mass is 9.77. The van der Waals surface area contributed by atoms with E-state index in [0.717, 1.165) is 53.0 Å². The third-order valence-electron chi connectivity index (χ3n) is 8.79. The third-order valence-corrected chi connectivity index (χ3v) is 8.79. The van der Waals surface area contributed by atoms with Crippen molar-refractivity contribution < 1.29 is 19.7 Å². The maximum absolute atomic E-state index is 10.6. The summed E-state index contributed by atoms with van der Waals surface area (Å²) in [5, 5.41) is 20.7. The summed E-state index contributed by atoms with van der Waals surface area (Å²) in [5.74, 6) is 2.30. The van der Waals surface area contributed by atoms with Gasteiger partial charge in [-0.15, -0.1) is 19.7 Å². The maximum atomic E-state index is 10.6. The number of hydrogen-bond acceptors (Lipinski definition) is 4. The molecule has 4 nitrogen and oxygen atoms in total. The van der Waals surface area contributed by atoms with Crippen molar-refractivity contribution in [1.29, 1.82) is 0 Å². The minimum atomic E-state index is -0.221. The number of phenols is 2. The molecule has 4 aromatic carbocycles. The van der Waals surface area contributed by atoms with Crippen molar-refractivity contribution in [2.75, 3.05) is 13.2 Å². The molecule has 0 unspecified atom stereocenters. The van der Waals surface area contributed by atoms with Gasteiger partial charge in [-0.1, -0.05) is 107 Å². The zero-order valence-electron chi connectivity index (χ0n) is 29.2. The number of phenolic OH excluding ortho intramolecular Hbond substituents is 2. The van der Waals surface area contributed by atoms with E-state index in [0.29, 0.717) is 31.1 Å². The van der Waals surface area contributed by atoms with Crippen LogP contribution in [-0.2, 0) is 23.7 Å². The van der Waals surface area contributed by atoms with E-state index in [1.165, 1.54) is 11.1 Å². The third kappa shape index (κ3) is 9.78. The molecule has 0 spiro atoms. The first-order valence-electron chi connectivity index (χ1n) is 16.5. The summed E-state index contributed by atoms with van der Waals surface area (Å²) in [7, 11) is 0. The number of ether oxygens (including phenoxy) is 2. The van der Waals surface area contributed by atoms with Crippen molar-refractivity contribution in [3.05, 3.63) is 169 Å². The highest BCUT2D eigenvalue weighted by Gasteiger charge is 2.25. The van der Waals surface area contributed by atoms with Crippen LogP contribution in [0.2, 0.25) is 0 Å². The van der Waals surface area contributed by atoms with Gasteiger partial charge in [0.25, 0.3) is 0 Å². The second kappa shape index (κ2) is 17.8. The van der Waals surface area contributed by atoms with Gasteiger partial charge in [0, 0.05) is 10.8 Å². The summed E-state index contributed by atoms with van der Waals surface area (Å²) in [5.41, 5.74) is 6.06. The highest BCUT2D eigenvalue weighted by Crippen LogP contribution is 2.36. The minimum absolute atomic E-state index is 0.221. The number of aromatic hydroxyl groups is 2. The smallest absolute Gasteiger partial charge is 0.119 e. The molecule has 0 aromatic heterocycles. The van der Waals surface area contributed by atoms with E-state index in [1.54, 1.807) is 12.1 Å². The Balaban J connectivity index is 0.00000307. The summed E-state index contributed by atoms with van der Waals surface area (Å²) in [6.45, 7) is 23.4. The zero-order valence-corrected chi connectivity index (χ0v) is 29.2. The Morgan fingerprint density at radius 3 is 1.56 bits per heavy atom. The predicted octanol–water partition coefficient (Wildman–Crippen LogP) is 10.8. The number of allylic oxidation sites excluding steroid dienone is 2. The second-order valence-electron chi connectivity index (χ2n) is 12.7. The van der Waals surface area contributed by atoms with Crippen LogP contribution in [0.25, 0.3) is 0 Å². The van der Waals surface area contributed by atoms with Crippen molar-refractivity contribution in [1.82, 2.24) is 0 Å². The normalized spacial score (nSPS) is 11.4. The molecule has 0 heterocycles. The molecule has 0 aliphatic carbocycles. The Labute approximate surface area is 288 Å². The van der Waals surface area contributed by atoms with E-state index in [9.17, 15) is 10.2 Å². The number of benzene rings is 4. The maximum Gasteiger partial charge on any atom is 0.119 e. The molecule has 4 rings (SSSR count). The molecule has 4 aromatic rings. The van der Waals surface area contributed by atoms with Crippen molar-refractivity contribution in [2.45, 2.75) is 64.2 Å². The molecule has 0 amide bonds. The van der Waals surface area contributed by atoms with Crippen molar-refractivity contribution >= 4 is 0 Å². The van der Waals surface area contributed by atoms with Gasteiger partial charge in [0.1, 0.15) is 29.6 Å². The highest BCUT2D eigenvalue weighted by atomic mass is 16.5. The van der Waals surface area contributed by atoms with Gasteiger partial charge in [-0.25, -0.2) is 0 Å². The largest absolute Gasteiger partial charge is 0.508 e. The van der Waals surface area contributed by atoms with E-state index in [1.807, 2.05) is 48.5 Å².